The van der Waals surface area contributed by atoms with Gasteiger partial charge in [-0.1, -0.05) is 30.3 Å². The molecule has 0 saturated carbocycles. The lowest BCUT2D eigenvalue weighted by molar-refractivity contribution is -0.122. The number of hydrogen-bond acceptors (Lipinski definition) is 4. The van der Waals surface area contributed by atoms with Crippen molar-refractivity contribution in [1.29, 1.82) is 0 Å². The molecule has 0 aliphatic rings. The first-order valence-electron chi connectivity index (χ1n) is 5.58. The van der Waals surface area contributed by atoms with Gasteiger partial charge in [-0.05, 0) is 12.5 Å². The monoisotopic (exact) mass is 270 g/mol. The molecule has 1 aromatic carbocycles. The number of carbonyl (C=O) groups excluding carboxylic acids is 1. The molecule has 5 nitrogen and oxygen atoms in total. The molecular formula is C12H18N2O3S. The maximum absolute atomic E-state index is 11.8. The normalized spacial score (nSPS) is 14.8. The standard InChI is InChI=1S/C12H18N2O3S/c1-9(8-18(2,16)17)14-12(15)11(13)10-6-4-3-5-7-10/h3-7,9,11H,8,13H2,1-2H3,(H,14,15)/t9?,11-/m0/s1. The van der Waals surface area contributed by atoms with Crippen molar-refractivity contribution in [2.75, 3.05) is 12.0 Å². The fourth-order valence-electron chi connectivity index (χ4n) is 1.64. The highest BCUT2D eigenvalue weighted by atomic mass is 32.2. The highest BCUT2D eigenvalue weighted by Crippen LogP contribution is 2.09. The van der Waals surface area contributed by atoms with Gasteiger partial charge in [0, 0.05) is 12.3 Å². The number of hydrogen-bond donors (Lipinski definition) is 2. The number of sulfone groups is 1. The van der Waals surface area contributed by atoms with Crippen LogP contribution in [0.4, 0.5) is 0 Å². The molecule has 1 unspecified atom stereocenters. The molecule has 1 aromatic rings. The van der Waals surface area contributed by atoms with Crippen LogP contribution in [-0.2, 0) is 14.6 Å². The van der Waals surface area contributed by atoms with Crippen molar-refractivity contribution in [2.24, 2.45) is 5.73 Å². The molecule has 0 aliphatic carbocycles. The minimum absolute atomic E-state index is 0.0970. The molecule has 100 valence electrons. The van der Waals surface area contributed by atoms with Gasteiger partial charge in [-0.15, -0.1) is 0 Å². The quantitative estimate of drug-likeness (QED) is 0.802. The number of benzene rings is 1. The van der Waals surface area contributed by atoms with Gasteiger partial charge in [0.1, 0.15) is 15.9 Å². The van der Waals surface area contributed by atoms with E-state index >= 15 is 0 Å². The fourth-order valence-corrected chi connectivity index (χ4v) is 2.63. The molecular weight excluding hydrogens is 252 g/mol. The maximum atomic E-state index is 11.8. The topological polar surface area (TPSA) is 89.3 Å². The van der Waals surface area contributed by atoms with Crippen molar-refractivity contribution in [1.82, 2.24) is 5.32 Å². The van der Waals surface area contributed by atoms with E-state index in [0.717, 1.165) is 6.26 Å². The molecule has 0 aliphatic heterocycles. The van der Waals surface area contributed by atoms with E-state index < -0.39 is 21.9 Å². The Morgan fingerprint density at radius 2 is 1.89 bits per heavy atom. The van der Waals surface area contributed by atoms with E-state index in [0.29, 0.717) is 5.56 Å². The van der Waals surface area contributed by atoms with E-state index in [9.17, 15) is 13.2 Å². The third kappa shape index (κ3) is 4.85. The van der Waals surface area contributed by atoms with E-state index in [1.807, 2.05) is 6.07 Å². The predicted molar refractivity (Wildman–Crippen MR) is 70.7 cm³/mol. The van der Waals surface area contributed by atoms with Crippen LogP contribution in [0.5, 0.6) is 0 Å². The SMILES string of the molecule is CC(CS(C)(=O)=O)NC(=O)[C@@H](N)c1ccccc1. The van der Waals surface area contributed by atoms with Crippen LogP contribution in [0.25, 0.3) is 0 Å². The Hall–Kier alpha value is -1.40. The van der Waals surface area contributed by atoms with Crippen molar-refractivity contribution in [3.63, 3.8) is 0 Å². The number of nitrogens with two attached hydrogens (primary N) is 1. The Morgan fingerprint density at radius 1 is 1.33 bits per heavy atom. The van der Waals surface area contributed by atoms with Gasteiger partial charge in [0.2, 0.25) is 5.91 Å². The van der Waals surface area contributed by atoms with Crippen LogP contribution in [-0.4, -0.2) is 32.4 Å². The molecule has 0 radical (unpaired) electrons. The van der Waals surface area contributed by atoms with Crippen molar-refractivity contribution < 1.29 is 13.2 Å². The summed E-state index contributed by atoms with van der Waals surface area (Å²) in [5.74, 6) is -0.474. The van der Waals surface area contributed by atoms with Gasteiger partial charge in [0.25, 0.3) is 0 Å². The molecule has 2 atom stereocenters. The van der Waals surface area contributed by atoms with Crippen molar-refractivity contribution in [3.05, 3.63) is 35.9 Å². The number of carbonyl (C=O) groups is 1. The molecule has 1 amide bonds. The molecule has 1 rings (SSSR count). The number of amides is 1. The minimum atomic E-state index is -3.11. The largest absolute Gasteiger partial charge is 0.351 e. The second kappa shape index (κ2) is 5.97. The summed E-state index contributed by atoms with van der Waals surface area (Å²) >= 11 is 0. The summed E-state index contributed by atoms with van der Waals surface area (Å²) < 4.78 is 22.2. The van der Waals surface area contributed by atoms with Crippen LogP contribution in [0, 0.1) is 0 Å². The minimum Gasteiger partial charge on any atom is -0.351 e. The average molecular weight is 270 g/mol. The molecule has 0 bridgehead atoms. The molecule has 3 N–H and O–H groups in total. The Labute approximate surface area is 107 Å². The lowest BCUT2D eigenvalue weighted by Gasteiger charge is -2.17. The summed E-state index contributed by atoms with van der Waals surface area (Å²) in [4.78, 5) is 11.8. The second-order valence-corrected chi connectivity index (χ2v) is 6.58. The van der Waals surface area contributed by atoms with Gasteiger partial charge in [-0.2, -0.15) is 0 Å². The third-order valence-electron chi connectivity index (χ3n) is 2.38. The smallest absolute Gasteiger partial charge is 0.241 e. The predicted octanol–water partition coefficient (Wildman–Crippen LogP) is 0.236. The summed E-state index contributed by atoms with van der Waals surface area (Å²) in [5, 5.41) is 2.59. The summed E-state index contributed by atoms with van der Waals surface area (Å²) in [7, 11) is -3.11. The first-order chi connectivity index (χ1) is 8.29. The third-order valence-corrected chi connectivity index (χ3v) is 3.49. The van der Waals surface area contributed by atoms with E-state index in [1.54, 1.807) is 31.2 Å². The van der Waals surface area contributed by atoms with Crippen molar-refractivity contribution >= 4 is 15.7 Å². The van der Waals surface area contributed by atoms with Crippen molar-refractivity contribution in [2.45, 2.75) is 19.0 Å². The second-order valence-electron chi connectivity index (χ2n) is 4.39. The Kier molecular flexibility index (Phi) is 4.86. The van der Waals surface area contributed by atoms with E-state index in [2.05, 4.69) is 5.32 Å². The number of nitrogens with one attached hydrogen (secondary N) is 1. The first kappa shape index (κ1) is 14.7. The molecule has 6 heteroatoms. The summed E-state index contributed by atoms with van der Waals surface area (Å²) in [6, 6.07) is 7.69. The zero-order chi connectivity index (χ0) is 13.8. The first-order valence-corrected chi connectivity index (χ1v) is 7.64. The summed E-state index contributed by atoms with van der Waals surface area (Å²) in [6.07, 6.45) is 1.13. The molecule has 0 fully saturated rings. The van der Waals surface area contributed by atoms with Crippen LogP contribution in [0.1, 0.15) is 18.5 Å². The number of rotatable bonds is 5. The molecule has 18 heavy (non-hydrogen) atoms. The van der Waals surface area contributed by atoms with Gasteiger partial charge >= 0.3 is 0 Å². The van der Waals surface area contributed by atoms with Crippen LogP contribution < -0.4 is 11.1 Å². The summed E-state index contributed by atoms with van der Waals surface area (Å²) in [6.45, 7) is 1.64. The van der Waals surface area contributed by atoms with Gasteiger partial charge in [0.05, 0.1) is 5.75 Å². The van der Waals surface area contributed by atoms with E-state index in [1.165, 1.54) is 0 Å². The van der Waals surface area contributed by atoms with Crippen molar-refractivity contribution in [3.8, 4) is 0 Å². The highest BCUT2D eigenvalue weighted by molar-refractivity contribution is 7.90. The van der Waals surface area contributed by atoms with E-state index in [-0.39, 0.29) is 11.7 Å². The summed E-state index contributed by atoms with van der Waals surface area (Å²) in [5.41, 5.74) is 6.48. The molecule has 0 heterocycles. The Balaban J connectivity index is 2.61. The van der Waals surface area contributed by atoms with Crippen LogP contribution in [0.2, 0.25) is 0 Å². The van der Waals surface area contributed by atoms with Gasteiger partial charge in [-0.25, -0.2) is 8.42 Å². The van der Waals surface area contributed by atoms with Crippen LogP contribution >= 0.6 is 0 Å². The molecule has 0 spiro atoms. The molecule has 0 saturated heterocycles. The molecule has 0 aromatic heterocycles. The zero-order valence-electron chi connectivity index (χ0n) is 10.5. The average Bonchev–Trinajstić information content (AvgIpc) is 2.26. The van der Waals surface area contributed by atoms with Gasteiger partial charge in [0.15, 0.2) is 0 Å². The Bertz CT molecular complexity index is 499. The lowest BCUT2D eigenvalue weighted by atomic mass is 10.1. The zero-order valence-corrected chi connectivity index (χ0v) is 11.3. The van der Waals surface area contributed by atoms with Gasteiger partial charge < -0.3 is 11.1 Å². The van der Waals surface area contributed by atoms with Crippen LogP contribution in [0.15, 0.2) is 30.3 Å². The maximum Gasteiger partial charge on any atom is 0.241 e. The fraction of sp³-hybridized carbons (Fsp3) is 0.417. The Morgan fingerprint density at radius 3 is 2.39 bits per heavy atom. The van der Waals surface area contributed by atoms with E-state index in [4.69, 9.17) is 5.73 Å². The van der Waals surface area contributed by atoms with Gasteiger partial charge in [-0.3, -0.25) is 4.79 Å². The highest BCUT2D eigenvalue weighted by Gasteiger charge is 2.19. The lowest BCUT2D eigenvalue weighted by Crippen LogP contribution is -2.42. The van der Waals surface area contributed by atoms with Crippen LogP contribution in [0.3, 0.4) is 0 Å².